The number of hydrogen-bond acceptors (Lipinski definition) is 3. The van der Waals surface area contributed by atoms with Crippen molar-refractivity contribution in [3.8, 4) is 0 Å². The Balaban J connectivity index is 2.21. The first-order valence-corrected chi connectivity index (χ1v) is 9.44. The predicted molar refractivity (Wildman–Crippen MR) is 98.3 cm³/mol. The highest BCUT2D eigenvalue weighted by atomic mass is 79.9. The van der Waals surface area contributed by atoms with E-state index in [2.05, 4.69) is 15.9 Å². The highest BCUT2D eigenvalue weighted by Gasteiger charge is 2.21. The van der Waals surface area contributed by atoms with Crippen LogP contribution in [0.1, 0.15) is 11.1 Å². The van der Waals surface area contributed by atoms with Gasteiger partial charge in [-0.2, -0.15) is 4.31 Å². The van der Waals surface area contributed by atoms with Crippen molar-refractivity contribution >= 4 is 31.6 Å². The van der Waals surface area contributed by atoms with Crippen LogP contribution in [0.25, 0.3) is 0 Å². The van der Waals surface area contributed by atoms with E-state index < -0.39 is 10.0 Å². The molecule has 0 bridgehead atoms. The molecular formula is C17H21BrN2O2S. The maximum Gasteiger partial charge on any atom is 0.243 e. The second kappa shape index (κ2) is 7.03. The Hall–Kier alpha value is -1.37. The number of nitrogens with zero attached hydrogens (tertiary/aromatic N) is 2. The van der Waals surface area contributed by atoms with E-state index in [4.69, 9.17) is 0 Å². The lowest BCUT2D eigenvalue weighted by Gasteiger charge is -2.19. The molecule has 0 saturated heterocycles. The van der Waals surface area contributed by atoms with Gasteiger partial charge in [0.05, 0.1) is 4.90 Å². The molecule has 124 valence electrons. The summed E-state index contributed by atoms with van der Waals surface area (Å²) in [6.07, 6.45) is 0. The number of sulfonamides is 1. The first-order chi connectivity index (χ1) is 10.7. The summed E-state index contributed by atoms with van der Waals surface area (Å²) in [6.45, 7) is 2.22. The molecule has 2 rings (SSSR count). The van der Waals surface area contributed by atoms with Gasteiger partial charge in [0.15, 0.2) is 0 Å². The van der Waals surface area contributed by atoms with Gasteiger partial charge in [-0.25, -0.2) is 8.42 Å². The molecule has 0 atom stereocenters. The summed E-state index contributed by atoms with van der Waals surface area (Å²) in [5.74, 6) is 0. The van der Waals surface area contributed by atoms with Gasteiger partial charge in [-0.3, -0.25) is 0 Å². The van der Waals surface area contributed by atoms with E-state index in [0.29, 0.717) is 11.4 Å². The van der Waals surface area contributed by atoms with Gasteiger partial charge in [0, 0.05) is 37.8 Å². The first-order valence-electron chi connectivity index (χ1n) is 7.20. The molecule has 0 saturated carbocycles. The topological polar surface area (TPSA) is 40.6 Å². The lowest BCUT2D eigenvalue weighted by molar-refractivity contribution is 0.466. The molecule has 0 amide bonds. The molecule has 4 nitrogen and oxygen atoms in total. The summed E-state index contributed by atoms with van der Waals surface area (Å²) < 4.78 is 27.6. The average Bonchev–Trinajstić information content (AvgIpc) is 2.50. The number of halogens is 1. The number of benzene rings is 2. The molecule has 0 heterocycles. The fourth-order valence-electron chi connectivity index (χ4n) is 2.20. The number of anilines is 1. The monoisotopic (exact) mass is 396 g/mol. The van der Waals surface area contributed by atoms with Crippen LogP contribution in [0.15, 0.2) is 51.8 Å². The van der Waals surface area contributed by atoms with Gasteiger partial charge in [0.25, 0.3) is 0 Å². The van der Waals surface area contributed by atoms with Gasteiger partial charge in [0.2, 0.25) is 10.0 Å². The molecule has 0 aliphatic rings. The Labute approximate surface area is 146 Å². The van der Waals surface area contributed by atoms with Gasteiger partial charge in [0.1, 0.15) is 0 Å². The summed E-state index contributed by atoms with van der Waals surface area (Å²) in [7, 11) is 2.05. The Morgan fingerprint density at radius 2 is 1.61 bits per heavy atom. The predicted octanol–water partition coefficient (Wildman–Crippen LogP) is 3.64. The molecular weight excluding hydrogens is 376 g/mol. The van der Waals surface area contributed by atoms with Gasteiger partial charge in [-0.15, -0.1) is 0 Å². The third kappa shape index (κ3) is 4.13. The highest BCUT2D eigenvalue weighted by Crippen LogP contribution is 2.23. The largest absolute Gasteiger partial charge is 0.378 e. The lowest BCUT2D eigenvalue weighted by atomic mass is 10.2. The van der Waals surface area contributed by atoms with Crippen molar-refractivity contribution in [2.75, 3.05) is 26.0 Å². The summed E-state index contributed by atoms with van der Waals surface area (Å²) in [4.78, 5) is 2.32. The molecule has 0 fully saturated rings. The van der Waals surface area contributed by atoms with E-state index in [9.17, 15) is 8.42 Å². The molecule has 0 unspecified atom stereocenters. The van der Waals surface area contributed by atoms with Crippen molar-refractivity contribution < 1.29 is 8.42 Å². The zero-order chi connectivity index (χ0) is 17.2. The van der Waals surface area contributed by atoms with Crippen molar-refractivity contribution in [1.82, 2.24) is 4.31 Å². The van der Waals surface area contributed by atoms with Crippen LogP contribution < -0.4 is 4.90 Å². The first kappa shape index (κ1) is 18.0. The summed E-state index contributed by atoms with van der Waals surface area (Å²) in [5.41, 5.74) is 2.94. The van der Waals surface area contributed by atoms with Crippen LogP contribution >= 0.6 is 15.9 Å². The van der Waals surface area contributed by atoms with Crippen molar-refractivity contribution in [1.29, 1.82) is 0 Å². The van der Waals surface area contributed by atoms with Gasteiger partial charge < -0.3 is 4.90 Å². The minimum Gasteiger partial charge on any atom is -0.378 e. The molecule has 2 aromatic carbocycles. The normalized spacial score (nSPS) is 11.7. The van der Waals surface area contributed by atoms with Crippen LogP contribution in [0.2, 0.25) is 0 Å². The third-order valence-electron chi connectivity index (χ3n) is 3.70. The van der Waals surface area contributed by atoms with Gasteiger partial charge >= 0.3 is 0 Å². The second-order valence-corrected chi connectivity index (χ2v) is 8.63. The van der Waals surface area contributed by atoms with Crippen molar-refractivity contribution in [2.24, 2.45) is 0 Å². The number of hydrogen-bond donors (Lipinski definition) is 0. The van der Waals surface area contributed by atoms with E-state index in [1.807, 2.05) is 50.2 Å². The van der Waals surface area contributed by atoms with Crippen LogP contribution in [0, 0.1) is 6.92 Å². The average molecular weight is 397 g/mol. The minimum absolute atomic E-state index is 0.311. The number of rotatable bonds is 5. The molecule has 0 aliphatic carbocycles. The fourth-order valence-corrected chi connectivity index (χ4v) is 3.69. The van der Waals surface area contributed by atoms with Crippen LogP contribution in [-0.2, 0) is 16.6 Å². The molecule has 0 aromatic heterocycles. The summed E-state index contributed by atoms with van der Waals surface area (Å²) >= 11 is 3.39. The Kier molecular flexibility index (Phi) is 5.49. The number of aryl methyl sites for hydroxylation is 1. The molecule has 0 radical (unpaired) electrons. The maximum atomic E-state index is 12.7. The minimum atomic E-state index is -3.50. The SMILES string of the molecule is Cc1cc(S(=O)(=O)N(C)Cc2ccc(N(C)C)cc2)ccc1Br. The highest BCUT2D eigenvalue weighted by molar-refractivity contribution is 9.10. The van der Waals surface area contributed by atoms with Crippen molar-refractivity contribution in [2.45, 2.75) is 18.4 Å². The zero-order valence-corrected chi connectivity index (χ0v) is 16.1. The molecule has 0 aliphatic heterocycles. The quantitative estimate of drug-likeness (QED) is 0.774. The zero-order valence-electron chi connectivity index (χ0n) is 13.7. The maximum absolute atomic E-state index is 12.7. The molecule has 2 aromatic rings. The van der Waals surface area contributed by atoms with E-state index in [-0.39, 0.29) is 0 Å². The van der Waals surface area contributed by atoms with Crippen LogP contribution in [0.5, 0.6) is 0 Å². The van der Waals surface area contributed by atoms with Crippen molar-refractivity contribution in [3.63, 3.8) is 0 Å². The van der Waals surface area contributed by atoms with E-state index in [1.165, 1.54) is 4.31 Å². The summed E-state index contributed by atoms with van der Waals surface area (Å²) in [6, 6.07) is 13.0. The van der Waals surface area contributed by atoms with Crippen LogP contribution in [0.4, 0.5) is 5.69 Å². The molecule has 0 spiro atoms. The Bertz CT molecular complexity index is 787. The van der Waals surface area contributed by atoms with Crippen LogP contribution in [-0.4, -0.2) is 33.9 Å². The van der Waals surface area contributed by atoms with Gasteiger partial charge in [-0.1, -0.05) is 28.1 Å². The van der Waals surface area contributed by atoms with E-state index in [0.717, 1.165) is 21.3 Å². The standard InChI is InChI=1S/C17H21BrN2O2S/c1-13-11-16(9-10-17(13)18)23(21,22)20(4)12-14-5-7-15(8-6-14)19(2)3/h5-11H,12H2,1-4H3. The van der Waals surface area contributed by atoms with Crippen molar-refractivity contribution in [3.05, 3.63) is 58.1 Å². The lowest BCUT2D eigenvalue weighted by Crippen LogP contribution is -2.26. The molecule has 0 N–H and O–H groups in total. The second-order valence-electron chi connectivity index (χ2n) is 5.73. The fraction of sp³-hybridized carbons (Fsp3) is 0.294. The molecule has 23 heavy (non-hydrogen) atoms. The van der Waals surface area contributed by atoms with E-state index >= 15 is 0 Å². The molecule has 6 heteroatoms. The smallest absolute Gasteiger partial charge is 0.243 e. The third-order valence-corrected chi connectivity index (χ3v) is 6.38. The van der Waals surface area contributed by atoms with E-state index in [1.54, 1.807) is 25.2 Å². The van der Waals surface area contributed by atoms with Crippen LogP contribution in [0.3, 0.4) is 0 Å². The van der Waals surface area contributed by atoms with Gasteiger partial charge in [-0.05, 0) is 48.4 Å². The Morgan fingerprint density at radius 1 is 1.00 bits per heavy atom. The Morgan fingerprint density at radius 3 is 2.13 bits per heavy atom. The summed E-state index contributed by atoms with van der Waals surface area (Å²) in [5, 5.41) is 0.